The third-order valence-electron chi connectivity index (χ3n) is 5.01. The number of hydrogen-bond donors (Lipinski definition) is 3. The summed E-state index contributed by atoms with van der Waals surface area (Å²) >= 11 is 0. The first-order valence-corrected chi connectivity index (χ1v) is 9.02. The minimum Gasteiger partial charge on any atom is -0.356 e. The van der Waals surface area contributed by atoms with Gasteiger partial charge in [-0.3, -0.25) is 9.38 Å². The Kier molecular flexibility index (Phi) is 4.48. The number of nitrogens with one attached hydrogen (secondary N) is 1. The number of nitrogens with zero attached hydrogens (tertiary/aromatic N) is 3. The van der Waals surface area contributed by atoms with Gasteiger partial charge in [-0.15, -0.1) is 0 Å². The van der Waals surface area contributed by atoms with E-state index < -0.39 is 0 Å². The number of imidazole rings is 1. The van der Waals surface area contributed by atoms with Crippen LogP contribution in [0.15, 0.2) is 41.3 Å². The molecule has 3 heterocycles. The molecule has 1 unspecified atom stereocenters. The third kappa shape index (κ3) is 3.23. The van der Waals surface area contributed by atoms with Crippen molar-refractivity contribution < 1.29 is 0 Å². The fourth-order valence-electron chi connectivity index (χ4n) is 3.65. The first-order valence-electron chi connectivity index (χ1n) is 9.02. The quantitative estimate of drug-likeness (QED) is 0.650. The van der Waals surface area contributed by atoms with Crippen LogP contribution in [0.5, 0.6) is 0 Å². The maximum atomic E-state index is 12.5. The number of fused-ring (bicyclic) bond motifs is 1. The second-order valence-electron chi connectivity index (χ2n) is 6.92. The maximum absolute atomic E-state index is 12.5. The van der Waals surface area contributed by atoms with Gasteiger partial charge in [0.2, 0.25) is 0 Å². The number of H-pyrrole nitrogens is 1. The predicted octanol–water partition coefficient (Wildman–Crippen LogP) is 1.000. The van der Waals surface area contributed by atoms with Crippen molar-refractivity contribution in [2.24, 2.45) is 11.5 Å². The molecule has 0 aliphatic carbocycles. The molecule has 0 saturated carbocycles. The molecular formula is C19H24N6O. The number of benzene rings is 1. The molecule has 0 spiro atoms. The number of anilines is 1. The minimum atomic E-state index is -0.178. The number of nitrogens with two attached hydrogens (primary N) is 2. The second-order valence-corrected chi connectivity index (χ2v) is 6.92. The zero-order chi connectivity index (χ0) is 18.1. The molecule has 5 N–H and O–H groups in total. The number of aromatic amines is 1. The molecule has 7 heteroatoms. The van der Waals surface area contributed by atoms with E-state index in [-0.39, 0.29) is 11.7 Å². The first-order chi connectivity index (χ1) is 12.6. The summed E-state index contributed by atoms with van der Waals surface area (Å²) in [6.07, 6.45) is 4.51. The molecule has 1 aromatic carbocycles. The van der Waals surface area contributed by atoms with E-state index in [2.05, 4.69) is 20.9 Å². The van der Waals surface area contributed by atoms with E-state index in [0.29, 0.717) is 18.6 Å². The molecule has 26 heavy (non-hydrogen) atoms. The molecule has 1 fully saturated rings. The van der Waals surface area contributed by atoms with Gasteiger partial charge in [0, 0.05) is 44.4 Å². The summed E-state index contributed by atoms with van der Waals surface area (Å²) in [5.41, 5.74) is 15.4. The summed E-state index contributed by atoms with van der Waals surface area (Å²) in [6.45, 7) is 2.14. The molecule has 7 nitrogen and oxygen atoms in total. The molecule has 1 saturated heterocycles. The molecule has 1 aliphatic heterocycles. The van der Waals surface area contributed by atoms with Gasteiger partial charge in [0.25, 0.3) is 0 Å². The van der Waals surface area contributed by atoms with Crippen LogP contribution in [0.1, 0.15) is 29.7 Å². The van der Waals surface area contributed by atoms with Gasteiger partial charge in [0.15, 0.2) is 0 Å². The van der Waals surface area contributed by atoms with Gasteiger partial charge in [0.1, 0.15) is 11.5 Å². The highest BCUT2D eigenvalue weighted by Gasteiger charge is 2.19. The second kappa shape index (κ2) is 6.93. The molecule has 0 bridgehead atoms. The van der Waals surface area contributed by atoms with E-state index in [0.717, 1.165) is 48.6 Å². The van der Waals surface area contributed by atoms with Gasteiger partial charge in [-0.25, -0.2) is 9.78 Å². The van der Waals surface area contributed by atoms with E-state index in [9.17, 15) is 4.79 Å². The molecule has 0 radical (unpaired) electrons. The molecular weight excluding hydrogens is 328 g/mol. The first kappa shape index (κ1) is 16.8. The molecule has 3 aromatic rings. The Morgan fingerprint density at radius 2 is 2.08 bits per heavy atom. The lowest BCUT2D eigenvalue weighted by Gasteiger charge is -2.31. The van der Waals surface area contributed by atoms with Crippen molar-refractivity contribution in [2.45, 2.75) is 31.8 Å². The monoisotopic (exact) mass is 352 g/mol. The van der Waals surface area contributed by atoms with Gasteiger partial charge >= 0.3 is 5.69 Å². The number of piperidine rings is 1. The SMILES string of the molecule is NCc1ccccc1Cc1cn2c(=O)[nH]c(N3CCCC(N)C3)cc2n1. The summed E-state index contributed by atoms with van der Waals surface area (Å²) in [6, 6.07) is 10.1. The lowest BCUT2D eigenvalue weighted by atomic mass is 10.0. The van der Waals surface area contributed by atoms with Crippen LogP contribution in [0.25, 0.3) is 5.65 Å². The van der Waals surface area contributed by atoms with Crippen LogP contribution in [-0.2, 0) is 13.0 Å². The zero-order valence-electron chi connectivity index (χ0n) is 14.7. The van der Waals surface area contributed by atoms with E-state index in [1.165, 1.54) is 0 Å². The highest BCUT2D eigenvalue weighted by atomic mass is 16.1. The Labute approximate surface area is 151 Å². The van der Waals surface area contributed by atoms with Crippen molar-refractivity contribution in [1.82, 2.24) is 14.4 Å². The standard InChI is InChI=1S/C19H24N6O/c20-10-14-5-2-1-4-13(14)8-16-12-25-18(22-16)9-17(23-19(25)26)24-7-3-6-15(21)11-24/h1-2,4-5,9,12,15H,3,6-8,10-11,20-21H2,(H,23,26). The fourth-order valence-corrected chi connectivity index (χ4v) is 3.65. The molecule has 136 valence electrons. The van der Waals surface area contributed by atoms with Crippen LogP contribution >= 0.6 is 0 Å². The van der Waals surface area contributed by atoms with Crippen molar-refractivity contribution in [3.8, 4) is 0 Å². The summed E-state index contributed by atoms with van der Waals surface area (Å²) in [5.74, 6) is 0.789. The van der Waals surface area contributed by atoms with Gasteiger partial charge < -0.3 is 16.4 Å². The Morgan fingerprint density at radius 1 is 1.27 bits per heavy atom. The number of aromatic nitrogens is 3. The highest BCUT2D eigenvalue weighted by molar-refractivity contribution is 5.52. The Hall–Kier alpha value is -2.64. The molecule has 2 aromatic heterocycles. The minimum absolute atomic E-state index is 0.145. The number of hydrogen-bond acceptors (Lipinski definition) is 5. The normalized spacial score (nSPS) is 17.8. The van der Waals surface area contributed by atoms with Crippen LogP contribution in [-0.4, -0.2) is 33.5 Å². The Bertz CT molecular complexity index is 976. The van der Waals surface area contributed by atoms with Gasteiger partial charge in [0.05, 0.1) is 5.69 Å². The molecule has 1 atom stereocenters. The zero-order valence-corrected chi connectivity index (χ0v) is 14.7. The van der Waals surface area contributed by atoms with Gasteiger partial charge in [-0.1, -0.05) is 24.3 Å². The van der Waals surface area contributed by atoms with Crippen molar-refractivity contribution in [2.75, 3.05) is 18.0 Å². The molecule has 4 rings (SSSR count). The van der Waals surface area contributed by atoms with Crippen LogP contribution in [0, 0.1) is 0 Å². The van der Waals surface area contributed by atoms with E-state index >= 15 is 0 Å². The van der Waals surface area contributed by atoms with E-state index in [4.69, 9.17) is 11.5 Å². The van der Waals surface area contributed by atoms with Crippen LogP contribution < -0.4 is 22.1 Å². The van der Waals surface area contributed by atoms with Crippen LogP contribution in [0.3, 0.4) is 0 Å². The van der Waals surface area contributed by atoms with Gasteiger partial charge in [-0.2, -0.15) is 0 Å². The van der Waals surface area contributed by atoms with Gasteiger partial charge in [-0.05, 0) is 24.0 Å². The van der Waals surface area contributed by atoms with Crippen molar-refractivity contribution in [3.63, 3.8) is 0 Å². The molecule has 1 aliphatic rings. The van der Waals surface area contributed by atoms with Crippen LogP contribution in [0.2, 0.25) is 0 Å². The smallest absolute Gasteiger partial charge is 0.332 e. The van der Waals surface area contributed by atoms with E-state index in [1.54, 1.807) is 10.6 Å². The average Bonchev–Trinajstić information content (AvgIpc) is 3.05. The highest BCUT2D eigenvalue weighted by Crippen LogP contribution is 2.19. The predicted molar refractivity (Wildman–Crippen MR) is 102 cm³/mol. The topological polar surface area (TPSA) is 105 Å². The Balaban J connectivity index is 1.67. The lowest BCUT2D eigenvalue weighted by Crippen LogP contribution is -2.43. The summed E-state index contributed by atoms with van der Waals surface area (Å²) in [7, 11) is 0. The molecule has 0 amide bonds. The summed E-state index contributed by atoms with van der Waals surface area (Å²) in [5, 5.41) is 0. The summed E-state index contributed by atoms with van der Waals surface area (Å²) < 4.78 is 1.56. The van der Waals surface area contributed by atoms with Crippen molar-refractivity contribution in [3.05, 3.63) is 63.8 Å². The average molecular weight is 352 g/mol. The van der Waals surface area contributed by atoms with Crippen molar-refractivity contribution in [1.29, 1.82) is 0 Å². The lowest BCUT2D eigenvalue weighted by molar-refractivity contribution is 0.502. The van der Waals surface area contributed by atoms with E-state index in [1.807, 2.05) is 24.3 Å². The van der Waals surface area contributed by atoms with Crippen LogP contribution in [0.4, 0.5) is 5.82 Å². The van der Waals surface area contributed by atoms with Crippen molar-refractivity contribution >= 4 is 11.5 Å². The summed E-state index contributed by atoms with van der Waals surface area (Å²) in [4.78, 5) is 22.3. The fraction of sp³-hybridized carbons (Fsp3) is 0.368. The maximum Gasteiger partial charge on any atom is 0.332 e. The third-order valence-corrected chi connectivity index (χ3v) is 5.01. The largest absolute Gasteiger partial charge is 0.356 e. The number of rotatable bonds is 4. The Morgan fingerprint density at radius 3 is 2.85 bits per heavy atom.